The maximum atomic E-state index is 8.00. The summed E-state index contributed by atoms with van der Waals surface area (Å²) in [6, 6.07) is 34.5. The number of hydrogen-bond donors (Lipinski definition) is 0. The first kappa shape index (κ1) is 22.0. The molecule has 0 atom stereocenters. The van der Waals surface area contributed by atoms with Crippen LogP contribution in [0.25, 0.3) is 27.6 Å². The van der Waals surface area contributed by atoms with Gasteiger partial charge in [-0.3, -0.25) is 4.57 Å². The highest BCUT2D eigenvalue weighted by Crippen LogP contribution is 2.39. The second-order valence-electron chi connectivity index (χ2n) is 11.6. The van der Waals surface area contributed by atoms with Crippen LogP contribution in [0.4, 0.5) is 17.1 Å². The van der Waals surface area contributed by atoms with Crippen molar-refractivity contribution in [2.75, 3.05) is 29.9 Å². The molecule has 4 aromatic carbocycles. The number of pyridine rings is 1. The Kier molecular flexibility index (Phi) is 5.20. The number of likely N-dealkylation sites (N-methyl/N-ethyl adjacent to an activating group) is 1. The predicted octanol–water partition coefficient (Wildman–Crippen LogP) is 8.86. The van der Waals surface area contributed by atoms with Gasteiger partial charge in [-0.2, -0.15) is 0 Å². The topological polar surface area (TPSA) is 33.5 Å². The van der Waals surface area contributed by atoms with Crippen molar-refractivity contribution in [2.45, 2.75) is 26.2 Å². The lowest BCUT2D eigenvalue weighted by Gasteiger charge is -2.37. The van der Waals surface area contributed by atoms with Crippen molar-refractivity contribution in [2.24, 2.45) is 0 Å². The maximum absolute atomic E-state index is 8.00. The summed E-state index contributed by atoms with van der Waals surface area (Å²) in [5.74, 6) is 2.30. The molecule has 41 heavy (non-hydrogen) atoms. The Bertz CT molecular complexity index is 2010. The van der Waals surface area contributed by atoms with Crippen molar-refractivity contribution >= 4 is 38.9 Å². The van der Waals surface area contributed by atoms with Crippen LogP contribution in [0.1, 0.15) is 30.4 Å². The third-order valence-electron chi connectivity index (χ3n) is 7.86. The Morgan fingerprint density at radius 3 is 2.37 bits per heavy atom. The Morgan fingerprint density at radius 2 is 1.51 bits per heavy atom. The lowest BCUT2D eigenvalue weighted by atomic mass is 9.88. The van der Waals surface area contributed by atoms with Gasteiger partial charge in [0.2, 0.25) is 0 Å². The minimum Gasteiger partial charge on any atom is -0.457 e. The summed E-state index contributed by atoms with van der Waals surface area (Å²) in [4.78, 5) is 8.44. The lowest BCUT2D eigenvalue weighted by Crippen LogP contribution is -2.36. The molecule has 5 heteroatoms. The molecular weight excluding hydrogens is 504 g/mol. The number of hydrogen-bond acceptors (Lipinski definition) is 4. The van der Waals surface area contributed by atoms with E-state index >= 15 is 0 Å². The van der Waals surface area contributed by atoms with Crippen molar-refractivity contribution in [1.29, 1.82) is 0 Å². The standard InChI is InChI=1S/C36H34N4O/c1-36(2,3)25-18-19-37-35(22-25)40-31-13-6-5-12-29(31)30-17-16-28(24-34(30)40)41-27-11-9-10-26(23-27)39-21-20-38(4)32-14-7-8-15-33(32)39/h5-19,22-24H,20-21H2,1-4H3/i4D3. The molecule has 0 spiro atoms. The number of nitrogens with zero attached hydrogens (tertiary/aromatic N) is 4. The number of fused-ring (bicyclic) bond motifs is 4. The van der Waals surface area contributed by atoms with Crippen LogP contribution in [0.15, 0.2) is 109 Å². The zero-order valence-electron chi connectivity index (χ0n) is 26.5. The highest BCUT2D eigenvalue weighted by molar-refractivity contribution is 6.09. The summed E-state index contributed by atoms with van der Waals surface area (Å²) >= 11 is 0. The van der Waals surface area contributed by atoms with Crippen LogP contribution in [0.5, 0.6) is 11.5 Å². The molecule has 0 saturated carbocycles. The van der Waals surface area contributed by atoms with Crippen molar-refractivity contribution in [3.8, 4) is 17.3 Å². The Labute approximate surface area is 245 Å². The normalized spacial score (nSPS) is 15.0. The first-order valence-electron chi connectivity index (χ1n) is 15.5. The highest BCUT2D eigenvalue weighted by Gasteiger charge is 2.22. The average Bonchev–Trinajstić information content (AvgIpc) is 3.33. The fourth-order valence-electron chi connectivity index (χ4n) is 5.75. The van der Waals surface area contributed by atoms with E-state index in [4.69, 9.17) is 13.8 Å². The molecule has 3 heterocycles. The molecule has 0 saturated heterocycles. The molecule has 7 rings (SSSR count). The number of anilines is 3. The molecule has 1 aliphatic heterocycles. The summed E-state index contributed by atoms with van der Waals surface area (Å²) in [6.45, 7) is 5.38. The van der Waals surface area contributed by atoms with E-state index in [0.29, 0.717) is 24.5 Å². The molecule has 0 aliphatic carbocycles. The molecule has 2 aromatic heterocycles. The summed E-state index contributed by atoms with van der Waals surface area (Å²) in [5.41, 5.74) is 5.84. The van der Waals surface area contributed by atoms with E-state index in [-0.39, 0.29) is 5.41 Å². The molecule has 0 bridgehead atoms. The molecule has 0 unspecified atom stereocenters. The second-order valence-corrected chi connectivity index (χ2v) is 11.6. The van der Waals surface area contributed by atoms with Crippen LogP contribution < -0.4 is 14.5 Å². The Balaban J connectivity index is 1.27. The summed E-state index contributed by atoms with van der Waals surface area (Å²) in [6.07, 6.45) is 1.89. The van der Waals surface area contributed by atoms with Gasteiger partial charge in [0.05, 0.1) is 22.4 Å². The van der Waals surface area contributed by atoms with Gasteiger partial charge in [0.1, 0.15) is 17.3 Å². The quantitative estimate of drug-likeness (QED) is 0.223. The van der Waals surface area contributed by atoms with Crippen LogP contribution in [0.3, 0.4) is 0 Å². The third kappa shape index (κ3) is 4.48. The lowest BCUT2D eigenvalue weighted by molar-refractivity contribution is 0.483. The molecule has 6 aromatic rings. The second kappa shape index (κ2) is 9.70. The average molecular weight is 542 g/mol. The van der Waals surface area contributed by atoms with E-state index in [9.17, 15) is 0 Å². The largest absolute Gasteiger partial charge is 0.457 e. The molecule has 0 fully saturated rings. The SMILES string of the molecule is [2H]C([2H])([2H])N1CCN(c2cccc(Oc3ccc4c5ccccc5n(-c5cc(C(C)(C)C)ccn5)c4c3)c2)c2ccccc21. The van der Waals surface area contributed by atoms with Gasteiger partial charge in [-0.15, -0.1) is 0 Å². The number of rotatable bonds is 4. The molecule has 1 aliphatic rings. The monoisotopic (exact) mass is 541 g/mol. The van der Waals surface area contributed by atoms with Gasteiger partial charge >= 0.3 is 0 Å². The van der Waals surface area contributed by atoms with Crippen molar-refractivity contribution in [3.63, 3.8) is 0 Å². The van der Waals surface area contributed by atoms with Gasteiger partial charge in [0.15, 0.2) is 0 Å². The van der Waals surface area contributed by atoms with Crippen LogP contribution in [-0.4, -0.2) is 29.6 Å². The Hall–Kier alpha value is -4.77. The highest BCUT2D eigenvalue weighted by atomic mass is 16.5. The first-order valence-corrected chi connectivity index (χ1v) is 14.0. The van der Waals surface area contributed by atoms with Crippen molar-refractivity contribution < 1.29 is 8.85 Å². The van der Waals surface area contributed by atoms with Crippen molar-refractivity contribution in [3.05, 3.63) is 115 Å². The molecule has 0 N–H and O–H groups in total. The number of benzene rings is 4. The minimum absolute atomic E-state index is 0.00433. The minimum atomic E-state index is -2.20. The fourth-order valence-corrected chi connectivity index (χ4v) is 5.75. The summed E-state index contributed by atoms with van der Waals surface area (Å²) < 4.78 is 32.7. The zero-order chi connectivity index (χ0) is 30.6. The van der Waals surface area contributed by atoms with Crippen LogP contribution in [0, 0.1) is 0 Å². The van der Waals surface area contributed by atoms with Gasteiger partial charge in [-0.25, -0.2) is 4.98 Å². The van der Waals surface area contributed by atoms with Crippen LogP contribution >= 0.6 is 0 Å². The molecule has 0 radical (unpaired) electrons. The van der Waals surface area contributed by atoms with Crippen LogP contribution in [0.2, 0.25) is 0 Å². The summed E-state index contributed by atoms with van der Waals surface area (Å²) in [7, 11) is 0. The number of para-hydroxylation sites is 3. The predicted molar refractivity (Wildman–Crippen MR) is 171 cm³/mol. The van der Waals surface area contributed by atoms with Gasteiger partial charge < -0.3 is 14.5 Å². The van der Waals surface area contributed by atoms with Gasteiger partial charge in [-0.1, -0.05) is 57.2 Å². The number of aromatic nitrogens is 2. The van der Waals surface area contributed by atoms with E-state index in [1.54, 1.807) is 0 Å². The maximum Gasteiger partial charge on any atom is 0.137 e. The van der Waals surface area contributed by atoms with Gasteiger partial charge in [0.25, 0.3) is 0 Å². The van der Waals surface area contributed by atoms with E-state index in [0.717, 1.165) is 44.7 Å². The van der Waals surface area contributed by atoms with Gasteiger partial charge in [0, 0.05) is 59.0 Å². The van der Waals surface area contributed by atoms with Gasteiger partial charge in [-0.05, 0) is 65.6 Å². The molecule has 5 nitrogen and oxygen atoms in total. The van der Waals surface area contributed by atoms with E-state index < -0.39 is 6.98 Å². The number of ether oxygens (including phenoxy) is 1. The molecule has 0 amide bonds. The zero-order valence-corrected chi connectivity index (χ0v) is 23.5. The first-order chi connectivity index (χ1) is 21.1. The van der Waals surface area contributed by atoms with E-state index in [2.05, 4.69) is 78.8 Å². The third-order valence-corrected chi connectivity index (χ3v) is 7.86. The van der Waals surface area contributed by atoms with Crippen LogP contribution in [-0.2, 0) is 5.41 Å². The van der Waals surface area contributed by atoms with E-state index in [1.807, 2.05) is 60.8 Å². The van der Waals surface area contributed by atoms with Crippen molar-refractivity contribution in [1.82, 2.24) is 9.55 Å². The van der Waals surface area contributed by atoms with E-state index in [1.165, 1.54) is 10.5 Å². The Morgan fingerprint density at radius 1 is 0.732 bits per heavy atom. The molecular formula is C36H34N4O. The smallest absolute Gasteiger partial charge is 0.137 e. The summed E-state index contributed by atoms with van der Waals surface area (Å²) in [5, 5.41) is 2.29. The molecule has 204 valence electrons. The fraction of sp³-hybridized carbons (Fsp3) is 0.194.